The number of piperidine rings is 1. The van der Waals surface area contributed by atoms with Crippen molar-refractivity contribution < 1.29 is 9.59 Å². The number of rotatable bonds is 9. The van der Waals surface area contributed by atoms with Crippen molar-refractivity contribution in [2.24, 2.45) is 0 Å². The van der Waals surface area contributed by atoms with E-state index < -0.39 is 0 Å². The van der Waals surface area contributed by atoms with Crippen molar-refractivity contribution in [1.29, 1.82) is 0 Å². The van der Waals surface area contributed by atoms with Gasteiger partial charge in [0.2, 0.25) is 11.8 Å². The smallest absolute Gasteiger partial charge is 0.234 e. The first-order valence-corrected chi connectivity index (χ1v) is 9.86. The highest BCUT2D eigenvalue weighted by atomic mass is 32.1. The van der Waals surface area contributed by atoms with Gasteiger partial charge in [0.25, 0.3) is 0 Å². The third kappa shape index (κ3) is 7.01. The molecule has 1 saturated heterocycles. The lowest BCUT2D eigenvalue weighted by molar-refractivity contribution is -0.124. The molecule has 0 aliphatic carbocycles. The molecule has 0 atom stereocenters. The Balaban J connectivity index is 1.56. The molecule has 0 spiro atoms. The minimum atomic E-state index is 0.105. The molecule has 0 aromatic carbocycles. The highest BCUT2D eigenvalue weighted by Gasteiger charge is 2.21. The van der Waals surface area contributed by atoms with Crippen LogP contribution in [0, 0.1) is 0 Å². The molecule has 0 bridgehead atoms. The van der Waals surface area contributed by atoms with E-state index in [-0.39, 0.29) is 17.9 Å². The van der Waals surface area contributed by atoms with E-state index in [2.05, 4.69) is 40.0 Å². The van der Waals surface area contributed by atoms with Crippen molar-refractivity contribution in [2.45, 2.75) is 51.5 Å². The van der Waals surface area contributed by atoms with Gasteiger partial charge in [-0.05, 0) is 43.6 Å². The lowest BCUT2D eigenvalue weighted by Gasteiger charge is -2.31. The first kappa shape index (κ1) is 18.9. The molecule has 2 N–H and O–H groups in total. The van der Waals surface area contributed by atoms with E-state index in [1.54, 1.807) is 11.3 Å². The number of aryl methyl sites for hydroxylation is 1. The minimum Gasteiger partial charge on any atom is -0.355 e. The SMILES string of the molecule is CCCNC(=O)CN1CCC(NC(=O)CCCc2cccs2)CC1. The topological polar surface area (TPSA) is 61.4 Å². The summed E-state index contributed by atoms with van der Waals surface area (Å²) >= 11 is 1.75. The van der Waals surface area contributed by atoms with Gasteiger partial charge in [-0.3, -0.25) is 14.5 Å². The van der Waals surface area contributed by atoms with Gasteiger partial charge in [0, 0.05) is 37.0 Å². The summed E-state index contributed by atoms with van der Waals surface area (Å²) in [6.07, 6.45) is 5.30. The molecule has 1 fully saturated rings. The lowest BCUT2D eigenvalue weighted by Crippen LogP contribution is -2.47. The maximum Gasteiger partial charge on any atom is 0.234 e. The quantitative estimate of drug-likeness (QED) is 0.717. The first-order chi connectivity index (χ1) is 11.7. The average molecular weight is 352 g/mol. The van der Waals surface area contributed by atoms with E-state index in [4.69, 9.17) is 0 Å². The molecule has 2 amide bonds. The third-order valence-electron chi connectivity index (χ3n) is 4.30. The summed E-state index contributed by atoms with van der Waals surface area (Å²) in [6, 6.07) is 4.43. The Morgan fingerprint density at radius 2 is 2.08 bits per heavy atom. The van der Waals surface area contributed by atoms with Gasteiger partial charge in [-0.1, -0.05) is 13.0 Å². The van der Waals surface area contributed by atoms with Crippen LogP contribution in [0.3, 0.4) is 0 Å². The molecule has 1 aromatic heterocycles. The maximum absolute atomic E-state index is 12.0. The zero-order chi connectivity index (χ0) is 17.2. The fraction of sp³-hybridized carbons (Fsp3) is 0.667. The van der Waals surface area contributed by atoms with Gasteiger partial charge in [0.15, 0.2) is 0 Å². The van der Waals surface area contributed by atoms with Crippen LogP contribution in [-0.4, -0.2) is 48.9 Å². The summed E-state index contributed by atoms with van der Waals surface area (Å²) in [7, 11) is 0. The van der Waals surface area contributed by atoms with Crippen molar-refractivity contribution in [2.75, 3.05) is 26.2 Å². The number of likely N-dealkylation sites (tertiary alicyclic amines) is 1. The Labute approximate surface area is 148 Å². The van der Waals surface area contributed by atoms with E-state index in [9.17, 15) is 9.59 Å². The number of carbonyl (C=O) groups excluding carboxylic acids is 2. The Hall–Kier alpha value is -1.40. The van der Waals surface area contributed by atoms with Gasteiger partial charge in [0.05, 0.1) is 6.54 Å². The third-order valence-corrected chi connectivity index (χ3v) is 5.24. The zero-order valence-corrected chi connectivity index (χ0v) is 15.4. The predicted octanol–water partition coefficient (Wildman–Crippen LogP) is 2.18. The second-order valence-corrected chi connectivity index (χ2v) is 7.43. The normalized spacial score (nSPS) is 16.0. The number of hydrogen-bond donors (Lipinski definition) is 2. The van der Waals surface area contributed by atoms with Crippen LogP contribution in [0.15, 0.2) is 17.5 Å². The van der Waals surface area contributed by atoms with Crippen LogP contribution in [0.25, 0.3) is 0 Å². The number of carbonyl (C=O) groups is 2. The molecular formula is C18H29N3O2S. The molecule has 0 saturated carbocycles. The minimum absolute atomic E-state index is 0.105. The van der Waals surface area contributed by atoms with Crippen LogP contribution in [0.2, 0.25) is 0 Å². The number of nitrogens with zero attached hydrogens (tertiary/aromatic N) is 1. The lowest BCUT2D eigenvalue weighted by atomic mass is 10.0. The molecule has 6 heteroatoms. The zero-order valence-electron chi connectivity index (χ0n) is 14.6. The van der Waals surface area contributed by atoms with Gasteiger partial charge >= 0.3 is 0 Å². The van der Waals surface area contributed by atoms with E-state index >= 15 is 0 Å². The molecular weight excluding hydrogens is 322 g/mol. The molecule has 0 unspecified atom stereocenters. The molecule has 0 radical (unpaired) electrons. The summed E-state index contributed by atoms with van der Waals surface area (Å²) in [5, 5.41) is 8.13. The Morgan fingerprint density at radius 3 is 2.75 bits per heavy atom. The molecule has 2 heterocycles. The van der Waals surface area contributed by atoms with Crippen molar-refractivity contribution in [3.63, 3.8) is 0 Å². The number of hydrogen-bond acceptors (Lipinski definition) is 4. The number of thiophene rings is 1. The van der Waals surface area contributed by atoms with Crippen LogP contribution in [0.4, 0.5) is 0 Å². The Bertz CT molecular complexity index is 496. The summed E-state index contributed by atoms with van der Waals surface area (Å²) in [4.78, 5) is 27.3. The Morgan fingerprint density at radius 1 is 1.29 bits per heavy atom. The van der Waals surface area contributed by atoms with E-state index in [0.29, 0.717) is 13.0 Å². The van der Waals surface area contributed by atoms with Crippen molar-refractivity contribution in [3.8, 4) is 0 Å². The van der Waals surface area contributed by atoms with E-state index in [1.807, 2.05) is 0 Å². The standard InChI is InChI=1S/C18H29N3O2S/c1-2-10-19-18(23)14-21-11-8-15(9-12-21)20-17(22)7-3-5-16-6-4-13-24-16/h4,6,13,15H,2-3,5,7-12,14H2,1H3,(H,19,23)(H,20,22). The van der Waals surface area contributed by atoms with Crippen LogP contribution < -0.4 is 10.6 Å². The van der Waals surface area contributed by atoms with Gasteiger partial charge < -0.3 is 10.6 Å². The van der Waals surface area contributed by atoms with E-state index in [1.165, 1.54) is 4.88 Å². The highest BCUT2D eigenvalue weighted by molar-refractivity contribution is 7.09. The van der Waals surface area contributed by atoms with Gasteiger partial charge in [-0.25, -0.2) is 0 Å². The molecule has 24 heavy (non-hydrogen) atoms. The van der Waals surface area contributed by atoms with Crippen LogP contribution in [0.5, 0.6) is 0 Å². The van der Waals surface area contributed by atoms with Crippen molar-refractivity contribution in [3.05, 3.63) is 22.4 Å². The maximum atomic E-state index is 12.0. The van der Waals surface area contributed by atoms with Crippen LogP contribution in [-0.2, 0) is 16.0 Å². The van der Waals surface area contributed by atoms with Gasteiger partial charge in [-0.15, -0.1) is 11.3 Å². The summed E-state index contributed by atoms with van der Waals surface area (Å²) in [5.41, 5.74) is 0. The van der Waals surface area contributed by atoms with Crippen molar-refractivity contribution >= 4 is 23.2 Å². The van der Waals surface area contributed by atoms with E-state index in [0.717, 1.165) is 51.7 Å². The summed E-state index contributed by atoms with van der Waals surface area (Å²) in [6.45, 7) is 5.02. The average Bonchev–Trinajstić information content (AvgIpc) is 3.08. The summed E-state index contributed by atoms with van der Waals surface area (Å²) in [5.74, 6) is 0.263. The van der Waals surface area contributed by atoms with Gasteiger partial charge in [-0.2, -0.15) is 0 Å². The highest BCUT2D eigenvalue weighted by Crippen LogP contribution is 2.13. The second-order valence-electron chi connectivity index (χ2n) is 6.40. The van der Waals surface area contributed by atoms with Gasteiger partial charge in [0.1, 0.15) is 0 Å². The molecule has 1 aliphatic rings. The first-order valence-electron chi connectivity index (χ1n) is 8.98. The molecule has 1 aromatic rings. The molecule has 5 nitrogen and oxygen atoms in total. The van der Waals surface area contributed by atoms with Crippen LogP contribution in [0.1, 0.15) is 43.9 Å². The number of amides is 2. The fourth-order valence-corrected chi connectivity index (χ4v) is 3.69. The Kier molecular flexibility index (Phi) is 8.25. The predicted molar refractivity (Wildman–Crippen MR) is 98.2 cm³/mol. The van der Waals surface area contributed by atoms with Crippen LogP contribution >= 0.6 is 11.3 Å². The molecule has 1 aliphatic heterocycles. The second kappa shape index (κ2) is 10.5. The molecule has 134 valence electrons. The number of nitrogens with one attached hydrogen (secondary N) is 2. The molecule has 2 rings (SSSR count). The fourth-order valence-electron chi connectivity index (χ4n) is 2.94. The van der Waals surface area contributed by atoms with Crippen molar-refractivity contribution in [1.82, 2.24) is 15.5 Å². The largest absolute Gasteiger partial charge is 0.355 e. The summed E-state index contributed by atoms with van der Waals surface area (Å²) < 4.78 is 0. The monoisotopic (exact) mass is 351 g/mol.